The fraction of sp³-hybridized carbons (Fsp3) is 0.474. The number of hydrogen-bond acceptors (Lipinski definition) is 4. The third-order valence-corrected chi connectivity index (χ3v) is 5.62. The molecule has 1 fully saturated rings. The summed E-state index contributed by atoms with van der Waals surface area (Å²) in [5.41, 5.74) is 2.95. The first-order chi connectivity index (χ1) is 11.4. The third-order valence-electron chi connectivity index (χ3n) is 4.89. The molecule has 2 heterocycles. The molecule has 1 saturated heterocycles. The molecule has 1 aliphatic rings. The highest BCUT2D eigenvalue weighted by atomic mass is 32.1. The predicted molar refractivity (Wildman–Crippen MR) is 99.8 cm³/mol. The van der Waals surface area contributed by atoms with Crippen LogP contribution in [0.3, 0.4) is 0 Å². The highest BCUT2D eigenvalue weighted by Crippen LogP contribution is 2.36. The summed E-state index contributed by atoms with van der Waals surface area (Å²) in [6.07, 6.45) is 0.968. The molecular weight excluding hydrogens is 319 g/mol. The molecule has 1 aromatic carbocycles. The van der Waals surface area contributed by atoms with Crippen molar-refractivity contribution >= 4 is 23.9 Å². The van der Waals surface area contributed by atoms with Crippen molar-refractivity contribution in [2.45, 2.75) is 51.9 Å². The van der Waals surface area contributed by atoms with Crippen LogP contribution in [0.4, 0.5) is 0 Å². The van der Waals surface area contributed by atoms with Crippen molar-refractivity contribution in [2.24, 2.45) is 0 Å². The van der Waals surface area contributed by atoms with E-state index in [1.165, 1.54) is 11.1 Å². The molecule has 1 aliphatic heterocycles. The van der Waals surface area contributed by atoms with Gasteiger partial charge in [0, 0.05) is 0 Å². The maximum Gasteiger partial charge on any atom is 0.494 e. The van der Waals surface area contributed by atoms with Crippen LogP contribution < -0.4 is 5.46 Å². The van der Waals surface area contributed by atoms with Gasteiger partial charge in [0.1, 0.15) is 0 Å². The maximum atomic E-state index is 6.08. The van der Waals surface area contributed by atoms with Crippen LogP contribution in [-0.2, 0) is 27.1 Å². The molecule has 3 rings (SSSR count). The Kier molecular flexibility index (Phi) is 5.16. The van der Waals surface area contributed by atoms with Gasteiger partial charge in [0.15, 0.2) is 0 Å². The van der Waals surface area contributed by atoms with Crippen molar-refractivity contribution in [3.05, 3.63) is 52.2 Å². The molecule has 0 unspecified atom stereocenters. The van der Waals surface area contributed by atoms with Crippen LogP contribution in [0.2, 0.25) is 0 Å². The third kappa shape index (κ3) is 3.91. The van der Waals surface area contributed by atoms with E-state index in [-0.39, 0.29) is 18.3 Å². The molecular formula is C19H25BO3S. The van der Waals surface area contributed by atoms with E-state index >= 15 is 0 Å². The summed E-state index contributed by atoms with van der Waals surface area (Å²) in [4.78, 5) is 0. The molecule has 0 bridgehead atoms. The molecule has 0 aliphatic carbocycles. The minimum absolute atomic E-state index is 0.302. The van der Waals surface area contributed by atoms with E-state index < -0.39 is 0 Å². The molecule has 0 spiro atoms. The first kappa shape index (κ1) is 17.7. The molecule has 24 heavy (non-hydrogen) atoms. The molecule has 0 atom stereocenters. The summed E-state index contributed by atoms with van der Waals surface area (Å²) in [6.45, 7) is 9.67. The average molecular weight is 344 g/mol. The fourth-order valence-corrected chi connectivity index (χ4v) is 3.27. The van der Waals surface area contributed by atoms with Gasteiger partial charge < -0.3 is 14.0 Å². The Balaban J connectivity index is 1.51. The van der Waals surface area contributed by atoms with Crippen LogP contribution in [0.25, 0.3) is 0 Å². The lowest BCUT2D eigenvalue weighted by Crippen LogP contribution is -2.41. The van der Waals surface area contributed by atoms with E-state index in [0.717, 1.165) is 18.5 Å². The molecule has 1 aromatic heterocycles. The van der Waals surface area contributed by atoms with Gasteiger partial charge in [0.2, 0.25) is 0 Å². The molecule has 2 aromatic rings. The normalized spacial score (nSPS) is 18.9. The second-order valence-electron chi connectivity index (χ2n) is 7.26. The summed E-state index contributed by atoms with van der Waals surface area (Å²) in [6, 6.07) is 10.5. The number of rotatable bonds is 6. The van der Waals surface area contributed by atoms with E-state index in [1.807, 2.05) is 0 Å². The van der Waals surface area contributed by atoms with Gasteiger partial charge in [-0.1, -0.05) is 24.3 Å². The van der Waals surface area contributed by atoms with E-state index in [4.69, 9.17) is 14.0 Å². The Hall–Kier alpha value is -1.14. The largest absolute Gasteiger partial charge is 0.494 e. The minimum atomic E-state index is -0.304. The Bertz CT molecular complexity index is 634. The maximum absolute atomic E-state index is 6.08. The van der Waals surface area contributed by atoms with Crippen molar-refractivity contribution in [1.82, 2.24) is 0 Å². The van der Waals surface area contributed by atoms with E-state index in [0.29, 0.717) is 6.61 Å². The first-order valence-electron chi connectivity index (χ1n) is 8.41. The second kappa shape index (κ2) is 7.00. The van der Waals surface area contributed by atoms with Crippen LogP contribution in [-0.4, -0.2) is 24.9 Å². The van der Waals surface area contributed by atoms with Crippen LogP contribution in [0, 0.1) is 0 Å². The number of thiophene rings is 1. The zero-order chi connectivity index (χ0) is 17.2. The Morgan fingerprint density at radius 2 is 1.62 bits per heavy atom. The SMILES string of the molecule is CC1(C)OB(c2ccc(COCCc3ccsc3)cc2)OC1(C)C. The smallest absolute Gasteiger partial charge is 0.399 e. The molecule has 3 nitrogen and oxygen atoms in total. The fourth-order valence-electron chi connectivity index (χ4n) is 2.57. The molecule has 128 valence electrons. The molecule has 0 N–H and O–H groups in total. The Morgan fingerprint density at radius 3 is 2.21 bits per heavy atom. The molecule has 5 heteroatoms. The summed E-state index contributed by atoms with van der Waals surface area (Å²) in [5.74, 6) is 0. The van der Waals surface area contributed by atoms with Gasteiger partial charge in [-0.25, -0.2) is 0 Å². The average Bonchev–Trinajstić information content (AvgIpc) is 3.11. The van der Waals surface area contributed by atoms with E-state index in [1.54, 1.807) is 11.3 Å². The standard InChI is InChI=1S/C19H25BO3S/c1-18(2)19(3,4)23-20(22-18)17-7-5-15(6-8-17)13-21-11-9-16-10-12-24-14-16/h5-8,10,12,14H,9,11,13H2,1-4H3. The molecule has 0 radical (unpaired) electrons. The van der Waals surface area contributed by atoms with Crippen molar-refractivity contribution in [3.8, 4) is 0 Å². The second-order valence-corrected chi connectivity index (χ2v) is 8.04. The lowest BCUT2D eigenvalue weighted by atomic mass is 9.79. The van der Waals surface area contributed by atoms with Crippen LogP contribution in [0.5, 0.6) is 0 Å². The highest BCUT2D eigenvalue weighted by molar-refractivity contribution is 7.07. The first-order valence-corrected chi connectivity index (χ1v) is 9.35. The van der Waals surface area contributed by atoms with Crippen molar-refractivity contribution < 1.29 is 14.0 Å². The summed E-state index contributed by atoms with van der Waals surface area (Å²) < 4.78 is 17.9. The van der Waals surface area contributed by atoms with Crippen LogP contribution in [0.15, 0.2) is 41.1 Å². The highest BCUT2D eigenvalue weighted by Gasteiger charge is 2.51. The van der Waals surface area contributed by atoms with Crippen LogP contribution in [0.1, 0.15) is 38.8 Å². The van der Waals surface area contributed by atoms with Gasteiger partial charge in [-0.15, -0.1) is 0 Å². The molecule has 0 amide bonds. The lowest BCUT2D eigenvalue weighted by Gasteiger charge is -2.32. The zero-order valence-corrected chi connectivity index (χ0v) is 15.7. The summed E-state index contributed by atoms with van der Waals surface area (Å²) in [7, 11) is -0.302. The van der Waals surface area contributed by atoms with Crippen molar-refractivity contribution in [1.29, 1.82) is 0 Å². The number of ether oxygens (including phenoxy) is 1. The van der Waals surface area contributed by atoms with E-state index in [9.17, 15) is 0 Å². The van der Waals surface area contributed by atoms with Gasteiger partial charge in [-0.3, -0.25) is 0 Å². The topological polar surface area (TPSA) is 27.7 Å². The predicted octanol–water partition coefficient (Wildman–Crippen LogP) is 3.81. The van der Waals surface area contributed by atoms with E-state index in [2.05, 4.69) is 68.8 Å². The number of benzene rings is 1. The summed E-state index contributed by atoms with van der Waals surface area (Å²) in [5, 5.41) is 4.27. The van der Waals surface area contributed by atoms with Gasteiger partial charge >= 0.3 is 7.12 Å². The number of hydrogen-bond donors (Lipinski definition) is 0. The quantitative estimate of drug-likeness (QED) is 0.589. The Morgan fingerprint density at radius 1 is 0.958 bits per heavy atom. The van der Waals surface area contributed by atoms with Gasteiger partial charge in [0.05, 0.1) is 24.4 Å². The Labute approximate surface area is 149 Å². The van der Waals surface area contributed by atoms with Gasteiger partial charge in [-0.2, -0.15) is 11.3 Å². The van der Waals surface area contributed by atoms with Crippen molar-refractivity contribution in [3.63, 3.8) is 0 Å². The van der Waals surface area contributed by atoms with Gasteiger partial charge in [-0.05, 0) is 67.5 Å². The van der Waals surface area contributed by atoms with Gasteiger partial charge in [0.25, 0.3) is 0 Å². The molecule has 0 saturated carbocycles. The zero-order valence-electron chi connectivity index (χ0n) is 14.9. The van der Waals surface area contributed by atoms with Crippen molar-refractivity contribution in [2.75, 3.05) is 6.61 Å². The minimum Gasteiger partial charge on any atom is -0.399 e. The lowest BCUT2D eigenvalue weighted by molar-refractivity contribution is 0.00578. The monoisotopic (exact) mass is 344 g/mol. The summed E-state index contributed by atoms with van der Waals surface area (Å²) >= 11 is 1.73. The van der Waals surface area contributed by atoms with Crippen LogP contribution >= 0.6 is 11.3 Å².